The Hall–Kier alpha value is -3.02. The van der Waals surface area contributed by atoms with Crippen LogP contribution in [0, 0.1) is 5.92 Å². The van der Waals surface area contributed by atoms with Crippen LogP contribution in [0.25, 0.3) is 11.1 Å². The van der Waals surface area contributed by atoms with E-state index < -0.39 is 18.1 Å². The zero-order chi connectivity index (χ0) is 20.3. The maximum Gasteiger partial charge on any atom is 0.407 e. The fourth-order valence-corrected chi connectivity index (χ4v) is 3.63. The summed E-state index contributed by atoms with van der Waals surface area (Å²) in [5, 5.41) is 11.7. The standard InChI is InChI=1S/C22H25NO5/c1-13(2)10-20(21(24)25)23-22(26)28-12-19-16-7-5-4-6-15(16)17-9-8-14(27-3)11-18(17)19/h4-9,11,13,19-20H,10,12H2,1-3H3,(H,23,26)(H,24,25)/t19?,20-/m0/s1. The summed E-state index contributed by atoms with van der Waals surface area (Å²) in [5.74, 6) is -0.307. The molecule has 0 bridgehead atoms. The first-order chi connectivity index (χ1) is 13.4. The Morgan fingerprint density at radius 2 is 1.82 bits per heavy atom. The number of nitrogens with one attached hydrogen (secondary N) is 1. The summed E-state index contributed by atoms with van der Waals surface area (Å²) in [4.78, 5) is 23.6. The van der Waals surface area contributed by atoms with Gasteiger partial charge in [-0.05, 0) is 46.7 Å². The summed E-state index contributed by atoms with van der Waals surface area (Å²) in [6, 6.07) is 12.9. The lowest BCUT2D eigenvalue weighted by atomic mass is 9.98. The fraction of sp³-hybridized carbons (Fsp3) is 0.364. The number of hydrogen-bond acceptors (Lipinski definition) is 4. The monoisotopic (exact) mass is 383 g/mol. The number of benzene rings is 2. The molecule has 1 unspecified atom stereocenters. The molecule has 2 atom stereocenters. The van der Waals surface area contributed by atoms with Crippen molar-refractivity contribution in [3.05, 3.63) is 53.6 Å². The van der Waals surface area contributed by atoms with Gasteiger partial charge in [-0.1, -0.05) is 44.2 Å². The Morgan fingerprint density at radius 1 is 1.11 bits per heavy atom. The number of rotatable bonds is 7. The quantitative estimate of drug-likeness (QED) is 0.754. The van der Waals surface area contributed by atoms with Crippen LogP contribution in [0.5, 0.6) is 5.75 Å². The second-order valence-corrected chi connectivity index (χ2v) is 7.36. The molecule has 0 saturated heterocycles. The minimum atomic E-state index is -1.06. The molecule has 2 N–H and O–H groups in total. The van der Waals surface area contributed by atoms with Gasteiger partial charge in [-0.3, -0.25) is 0 Å². The van der Waals surface area contributed by atoms with Crippen LogP contribution in [0.3, 0.4) is 0 Å². The van der Waals surface area contributed by atoms with Crippen molar-refractivity contribution >= 4 is 12.1 Å². The first-order valence-corrected chi connectivity index (χ1v) is 9.34. The van der Waals surface area contributed by atoms with Gasteiger partial charge in [-0.2, -0.15) is 0 Å². The molecule has 6 heteroatoms. The lowest BCUT2D eigenvalue weighted by molar-refractivity contribution is -0.139. The summed E-state index contributed by atoms with van der Waals surface area (Å²) in [7, 11) is 1.61. The van der Waals surface area contributed by atoms with Crippen LogP contribution in [-0.2, 0) is 9.53 Å². The Morgan fingerprint density at radius 3 is 2.50 bits per heavy atom. The van der Waals surface area contributed by atoms with Crippen molar-refractivity contribution in [2.45, 2.75) is 32.2 Å². The van der Waals surface area contributed by atoms with Crippen molar-refractivity contribution in [2.24, 2.45) is 5.92 Å². The zero-order valence-corrected chi connectivity index (χ0v) is 16.3. The smallest absolute Gasteiger partial charge is 0.407 e. The third-order valence-electron chi connectivity index (χ3n) is 4.94. The number of fused-ring (bicyclic) bond motifs is 3. The number of alkyl carbamates (subject to hydrolysis) is 1. The third-order valence-corrected chi connectivity index (χ3v) is 4.94. The molecular weight excluding hydrogens is 358 g/mol. The highest BCUT2D eigenvalue weighted by Gasteiger charge is 2.30. The number of carbonyl (C=O) groups excluding carboxylic acids is 1. The minimum Gasteiger partial charge on any atom is -0.497 e. The van der Waals surface area contributed by atoms with E-state index in [0.717, 1.165) is 28.0 Å². The van der Waals surface area contributed by atoms with E-state index in [1.807, 2.05) is 56.3 Å². The lowest BCUT2D eigenvalue weighted by Gasteiger charge is -2.18. The third kappa shape index (κ3) is 4.11. The molecular formula is C22H25NO5. The molecule has 1 aliphatic rings. The number of carbonyl (C=O) groups is 2. The molecule has 0 spiro atoms. The van der Waals surface area contributed by atoms with Gasteiger partial charge in [0.2, 0.25) is 0 Å². The van der Waals surface area contributed by atoms with E-state index >= 15 is 0 Å². The van der Waals surface area contributed by atoms with Crippen LogP contribution in [-0.4, -0.2) is 36.9 Å². The van der Waals surface area contributed by atoms with Gasteiger partial charge < -0.3 is 19.9 Å². The summed E-state index contributed by atoms with van der Waals surface area (Å²) >= 11 is 0. The number of methoxy groups -OCH3 is 1. The number of hydrogen-bond donors (Lipinski definition) is 2. The topological polar surface area (TPSA) is 84.9 Å². The van der Waals surface area contributed by atoms with Crippen molar-refractivity contribution in [1.29, 1.82) is 0 Å². The van der Waals surface area contributed by atoms with Gasteiger partial charge in [0.15, 0.2) is 0 Å². The lowest BCUT2D eigenvalue weighted by Crippen LogP contribution is -2.42. The molecule has 0 aliphatic heterocycles. The van der Waals surface area contributed by atoms with E-state index in [9.17, 15) is 14.7 Å². The average molecular weight is 383 g/mol. The molecule has 1 aliphatic carbocycles. The van der Waals surface area contributed by atoms with Crippen molar-refractivity contribution < 1.29 is 24.2 Å². The highest BCUT2D eigenvalue weighted by Crippen LogP contribution is 2.45. The molecule has 148 valence electrons. The Kier molecular flexibility index (Phi) is 5.87. The summed E-state index contributed by atoms with van der Waals surface area (Å²) in [6.45, 7) is 3.93. The van der Waals surface area contributed by atoms with Gasteiger partial charge in [-0.15, -0.1) is 0 Å². The van der Waals surface area contributed by atoms with Gasteiger partial charge in [0, 0.05) is 5.92 Å². The first-order valence-electron chi connectivity index (χ1n) is 9.34. The van der Waals surface area contributed by atoms with Gasteiger partial charge in [-0.25, -0.2) is 9.59 Å². The van der Waals surface area contributed by atoms with E-state index in [1.165, 1.54) is 0 Å². The molecule has 1 amide bonds. The van der Waals surface area contributed by atoms with Gasteiger partial charge in [0.25, 0.3) is 0 Å². The maximum absolute atomic E-state index is 12.2. The van der Waals surface area contributed by atoms with E-state index in [2.05, 4.69) is 5.32 Å². The van der Waals surface area contributed by atoms with Gasteiger partial charge in [0.05, 0.1) is 7.11 Å². The molecule has 28 heavy (non-hydrogen) atoms. The molecule has 0 fully saturated rings. The molecule has 2 aromatic carbocycles. The molecule has 0 saturated carbocycles. The van der Waals surface area contributed by atoms with Crippen LogP contribution in [0.2, 0.25) is 0 Å². The molecule has 0 heterocycles. The van der Waals surface area contributed by atoms with Crippen molar-refractivity contribution in [3.8, 4) is 16.9 Å². The van der Waals surface area contributed by atoms with Crippen molar-refractivity contribution in [3.63, 3.8) is 0 Å². The largest absolute Gasteiger partial charge is 0.497 e. The van der Waals surface area contributed by atoms with Crippen molar-refractivity contribution in [1.82, 2.24) is 5.32 Å². The molecule has 2 aromatic rings. The van der Waals surface area contributed by atoms with E-state index in [-0.39, 0.29) is 18.4 Å². The molecule has 6 nitrogen and oxygen atoms in total. The second-order valence-electron chi connectivity index (χ2n) is 7.36. The predicted octanol–water partition coefficient (Wildman–Crippen LogP) is 4.03. The molecule has 0 radical (unpaired) electrons. The molecule has 3 rings (SSSR count). The van der Waals surface area contributed by atoms with Crippen LogP contribution in [0.15, 0.2) is 42.5 Å². The first kappa shape index (κ1) is 19.7. The summed E-state index contributed by atoms with van der Waals surface area (Å²) < 4.78 is 10.8. The highest BCUT2D eigenvalue weighted by atomic mass is 16.5. The van der Waals surface area contributed by atoms with E-state index in [0.29, 0.717) is 6.42 Å². The minimum absolute atomic E-state index is 0.122. The number of carboxylic acid groups (broad SMARTS) is 1. The Labute approximate surface area is 164 Å². The SMILES string of the molecule is COc1ccc2c(c1)C(COC(=O)N[C@@H](CC(C)C)C(=O)O)c1ccccc1-2. The van der Waals surface area contributed by atoms with E-state index in [1.54, 1.807) is 7.11 Å². The summed E-state index contributed by atoms with van der Waals surface area (Å²) in [6.07, 6.45) is -0.377. The Bertz CT molecular complexity index is 877. The molecule has 0 aromatic heterocycles. The normalized spacial score (nSPS) is 15.5. The zero-order valence-electron chi connectivity index (χ0n) is 16.3. The van der Waals surface area contributed by atoms with Crippen LogP contribution >= 0.6 is 0 Å². The average Bonchev–Trinajstić information content (AvgIpc) is 2.98. The number of amides is 1. The van der Waals surface area contributed by atoms with Crippen LogP contribution < -0.4 is 10.1 Å². The maximum atomic E-state index is 12.2. The predicted molar refractivity (Wildman–Crippen MR) is 106 cm³/mol. The van der Waals surface area contributed by atoms with Crippen LogP contribution in [0.4, 0.5) is 4.79 Å². The number of aliphatic carboxylic acids is 1. The fourth-order valence-electron chi connectivity index (χ4n) is 3.63. The summed E-state index contributed by atoms with van der Waals surface area (Å²) in [5.41, 5.74) is 4.31. The van der Waals surface area contributed by atoms with E-state index in [4.69, 9.17) is 9.47 Å². The Balaban J connectivity index is 1.75. The van der Waals surface area contributed by atoms with Gasteiger partial charge in [0.1, 0.15) is 18.4 Å². The number of carboxylic acids is 1. The van der Waals surface area contributed by atoms with Crippen LogP contribution in [0.1, 0.15) is 37.3 Å². The van der Waals surface area contributed by atoms with Gasteiger partial charge >= 0.3 is 12.1 Å². The number of ether oxygens (including phenoxy) is 2. The second kappa shape index (κ2) is 8.33. The highest BCUT2D eigenvalue weighted by molar-refractivity contribution is 5.81. The van der Waals surface area contributed by atoms with Crippen molar-refractivity contribution in [2.75, 3.05) is 13.7 Å².